The molecule has 8 heteroatoms. The van der Waals surface area contributed by atoms with E-state index in [0.717, 1.165) is 10.7 Å². The first-order chi connectivity index (χ1) is 8.48. The van der Waals surface area contributed by atoms with E-state index >= 15 is 0 Å². The zero-order chi connectivity index (χ0) is 13.8. The smallest absolute Gasteiger partial charge is 0.309 e. The maximum atomic E-state index is 12.6. The highest BCUT2D eigenvalue weighted by molar-refractivity contribution is 7.98. The van der Waals surface area contributed by atoms with Gasteiger partial charge in [0, 0.05) is 7.05 Å². The predicted molar refractivity (Wildman–Crippen MR) is 77.1 cm³/mol. The van der Waals surface area contributed by atoms with Crippen LogP contribution in [0.5, 0.6) is 0 Å². The van der Waals surface area contributed by atoms with Crippen LogP contribution in [0.25, 0.3) is 0 Å². The van der Waals surface area contributed by atoms with E-state index in [1.807, 2.05) is 41.1 Å². The Labute approximate surface area is 114 Å². The van der Waals surface area contributed by atoms with Gasteiger partial charge in [-0.1, -0.05) is 0 Å². The van der Waals surface area contributed by atoms with E-state index in [1.54, 1.807) is 16.4 Å². The van der Waals surface area contributed by atoms with Gasteiger partial charge in [-0.15, -0.1) is 11.8 Å². The molecule has 5 nitrogen and oxygen atoms in total. The lowest BCUT2D eigenvalue weighted by molar-refractivity contribution is 0.217. The van der Waals surface area contributed by atoms with Gasteiger partial charge < -0.3 is 9.05 Å². The normalized spacial score (nSPS) is 13.8. The first-order valence-corrected chi connectivity index (χ1v) is 8.78. The fourth-order valence-electron chi connectivity index (χ4n) is 1.65. The fraction of sp³-hybridized carbons (Fsp3) is 0.700. The Hall–Kier alpha value is -0.225. The maximum absolute atomic E-state index is 12.6. The molecule has 0 saturated carbocycles. The molecule has 1 aromatic heterocycles. The third-order valence-corrected chi connectivity index (χ3v) is 5.84. The number of nitrogens with zero attached hydrogens (tertiary/aromatic N) is 2. The van der Waals surface area contributed by atoms with Crippen molar-refractivity contribution >= 4 is 27.2 Å². The molecule has 1 rings (SSSR count). The van der Waals surface area contributed by atoms with Crippen molar-refractivity contribution in [2.45, 2.75) is 24.4 Å². The molecular formula is C10H20BN2O3PS. The van der Waals surface area contributed by atoms with Gasteiger partial charge in [0.1, 0.15) is 7.85 Å². The molecule has 0 amide bonds. The van der Waals surface area contributed by atoms with E-state index in [1.165, 1.54) is 0 Å². The highest BCUT2D eigenvalue weighted by Gasteiger charge is 2.34. The number of aromatic nitrogens is 2. The van der Waals surface area contributed by atoms with Crippen molar-refractivity contribution in [3.63, 3.8) is 0 Å². The van der Waals surface area contributed by atoms with E-state index in [-0.39, 0.29) is 5.56 Å². The van der Waals surface area contributed by atoms with Gasteiger partial charge >= 0.3 is 7.60 Å². The van der Waals surface area contributed by atoms with Crippen LogP contribution in [0.4, 0.5) is 0 Å². The van der Waals surface area contributed by atoms with Gasteiger partial charge in [0.05, 0.1) is 29.5 Å². The second-order valence-corrected chi connectivity index (χ2v) is 6.98. The van der Waals surface area contributed by atoms with Gasteiger partial charge in [-0.2, -0.15) is 5.10 Å². The second kappa shape index (κ2) is 6.80. The minimum Gasteiger partial charge on any atom is -0.309 e. The highest BCUT2D eigenvalue weighted by Crippen LogP contribution is 2.59. The zero-order valence-electron chi connectivity index (χ0n) is 11.5. The van der Waals surface area contributed by atoms with Crippen molar-refractivity contribution in [2.24, 2.45) is 7.05 Å². The molecule has 0 N–H and O–H groups in total. The van der Waals surface area contributed by atoms with E-state index in [4.69, 9.17) is 9.05 Å². The number of hydrogen-bond acceptors (Lipinski definition) is 5. The average molecular weight is 290 g/mol. The van der Waals surface area contributed by atoms with Gasteiger partial charge in [0.15, 0.2) is 0 Å². The van der Waals surface area contributed by atoms with Crippen LogP contribution in [0, 0.1) is 0 Å². The Balaban J connectivity index is 3.01. The molecule has 0 bridgehead atoms. The summed E-state index contributed by atoms with van der Waals surface area (Å²) in [5, 5.41) is 5.40. The monoisotopic (exact) mass is 290 g/mol. The quantitative estimate of drug-likeness (QED) is 0.437. The third kappa shape index (κ3) is 3.41. The number of hydrogen-bond donors (Lipinski definition) is 0. The predicted octanol–water partition coefficient (Wildman–Crippen LogP) is 2.04. The first-order valence-electron chi connectivity index (χ1n) is 5.95. The van der Waals surface area contributed by atoms with Gasteiger partial charge in [-0.25, -0.2) is 0 Å². The lowest BCUT2D eigenvalue weighted by Gasteiger charge is -2.22. The van der Waals surface area contributed by atoms with E-state index in [0.29, 0.717) is 13.2 Å². The van der Waals surface area contributed by atoms with Crippen LogP contribution in [0.15, 0.2) is 11.1 Å². The summed E-state index contributed by atoms with van der Waals surface area (Å²) >= 11 is 1.60. The summed E-state index contributed by atoms with van der Waals surface area (Å²) in [6.07, 6.45) is 1.98. The molecular weight excluding hydrogens is 270 g/mol. The summed E-state index contributed by atoms with van der Waals surface area (Å²) in [4.78, 5) is 0. The van der Waals surface area contributed by atoms with Gasteiger partial charge in [0.2, 0.25) is 0 Å². The molecule has 1 heterocycles. The molecule has 0 fully saturated rings. The van der Waals surface area contributed by atoms with Crippen molar-refractivity contribution in [3.8, 4) is 0 Å². The molecule has 1 unspecified atom stereocenters. The van der Waals surface area contributed by atoms with E-state index in [9.17, 15) is 4.57 Å². The highest BCUT2D eigenvalue weighted by atomic mass is 32.2. The molecule has 0 aliphatic rings. The standard InChI is InChI=1S/C10H20BN2O3PS/c1-5-15-17(14,16-6-2)10(11)8-7-9(18-4)13(3)12-8/h7,10H,5-6,11H2,1-4H3. The van der Waals surface area contributed by atoms with Crippen LogP contribution in [-0.4, -0.2) is 37.1 Å². The Kier molecular flexibility index (Phi) is 5.98. The summed E-state index contributed by atoms with van der Waals surface area (Å²) in [7, 11) is 0.567. The van der Waals surface area contributed by atoms with Gasteiger partial charge in [-0.3, -0.25) is 9.25 Å². The summed E-state index contributed by atoms with van der Waals surface area (Å²) in [5.74, 6) is 0. The molecule has 0 aliphatic heterocycles. The molecule has 0 radical (unpaired) electrons. The molecule has 1 atom stereocenters. The summed E-state index contributed by atoms with van der Waals surface area (Å²) in [5.41, 5.74) is 0.386. The Bertz CT molecular complexity index is 431. The number of rotatable bonds is 7. The Morgan fingerprint density at radius 2 is 2.06 bits per heavy atom. The number of aryl methyl sites for hydroxylation is 1. The van der Waals surface area contributed by atoms with Crippen molar-refractivity contribution in [1.82, 2.24) is 9.78 Å². The molecule has 0 aliphatic carbocycles. The van der Waals surface area contributed by atoms with Crippen LogP contribution in [0.2, 0.25) is 0 Å². The van der Waals surface area contributed by atoms with Crippen LogP contribution < -0.4 is 0 Å². The zero-order valence-corrected chi connectivity index (χ0v) is 13.3. The molecule has 0 aromatic carbocycles. The minimum atomic E-state index is -3.13. The molecule has 1 aromatic rings. The van der Waals surface area contributed by atoms with Crippen molar-refractivity contribution in [2.75, 3.05) is 19.5 Å². The first kappa shape index (κ1) is 15.8. The maximum Gasteiger partial charge on any atom is 0.331 e. The number of thioether (sulfide) groups is 1. The van der Waals surface area contributed by atoms with E-state index < -0.39 is 7.60 Å². The fourth-order valence-corrected chi connectivity index (χ4v) is 3.88. The Morgan fingerprint density at radius 1 is 1.50 bits per heavy atom. The van der Waals surface area contributed by atoms with Crippen LogP contribution in [0.3, 0.4) is 0 Å². The third-order valence-electron chi connectivity index (χ3n) is 2.59. The SMILES string of the molecule is BC(c1cc(SC)n(C)n1)P(=O)(OCC)OCC. The summed E-state index contributed by atoms with van der Waals surface area (Å²) in [6, 6.07) is 1.93. The van der Waals surface area contributed by atoms with Crippen molar-refractivity contribution in [3.05, 3.63) is 11.8 Å². The van der Waals surface area contributed by atoms with E-state index in [2.05, 4.69) is 5.10 Å². The minimum absolute atomic E-state index is 0.357. The van der Waals surface area contributed by atoms with Crippen molar-refractivity contribution < 1.29 is 13.6 Å². The van der Waals surface area contributed by atoms with Crippen molar-refractivity contribution in [1.29, 1.82) is 0 Å². The van der Waals surface area contributed by atoms with Crippen LogP contribution >= 0.6 is 19.4 Å². The van der Waals surface area contributed by atoms with Gasteiger partial charge in [-0.05, 0) is 26.2 Å². The molecule has 0 saturated heterocycles. The molecule has 102 valence electrons. The molecule has 18 heavy (non-hydrogen) atoms. The largest absolute Gasteiger partial charge is 0.331 e. The second-order valence-electron chi connectivity index (χ2n) is 3.79. The molecule has 0 spiro atoms. The lowest BCUT2D eigenvalue weighted by Crippen LogP contribution is -2.08. The topological polar surface area (TPSA) is 53.4 Å². The summed E-state index contributed by atoms with van der Waals surface area (Å²) in [6.45, 7) is 4.35. The Morgan fingerprint density at radius 3 is 2.44 bits per heavy atom. The lowest BCUT2D eigenvalue weighted by atomic mass is 10.0. The van der Waals surface area contributed by atoms with Crippen LogP contribution in [-0.2, 0) is 20.7 Å². The van der Waals surface area contributed by atoms with Crippen LogP contribution in [0.1, 0.15) is 25.1 Å². The average Bonchev–Trinajstić information content (AvgIpc) is 2.70. The van der Waals surface area contributed by atoms with Gasteiger partial charge in [0.25, 0.3) is 0 Å². The summed E-state index contributed by atoms with van der Waals surface area (Å²) < 4.78 is 25.1.